The van der Waals surface area contributed by atoms with E-state index >= 15 is 0 Å². The molecule has 1 atom stereocenters. The standard InChI is InChI=1S/C12H24N2O4/c1-11(15)14-5-3-13(4-6-14)9-12(16)10-18-8-7-17-2/h12,16H,3-10H2,1-2H3. The van der Waals surface area contributed by atoms with Gasteiger partial charge in [-0.25, -0.2) is 0 Å². The number of carbonyl (C=O) groups excluding carboxylic acids is 1. The van der Waals surface area contributed by atoms with E-state index in [1.807, 2.05) is 4.90 Å². The molecule has 106 valence electrons. The van der Waals surface area contributed by atoms with Crippen LogP contribution in [0.5, 0.6) is 0 Å². The van der Waals surface area contributed by atoms with Crippen molar-refractivity contribution in [3.05, 3.63) is 0 Å². The van der Waals surface area contributed by atoms with Gasteiger partial charge in [0.25, 0.3) is 0 Å². The summed E-state index contributed by atoms with van der Waals surface area (Å²) < 4.78 is 10.1. The van der Waals surface area contributed by atoms with Crippen LogP contribution in [0.25, 0.3) is 0 Å². The number of rotatable bonds is 7. The Balaban J connectivity index is 2.10. The zero-order chi connectivity index (χ0) is 13.4. The van der Waals surface area contributed by atoms with Gasteiger partial charge < -0.3 is 19.5 Å². The number of nitrogens with zero attached hydrogens (tertiary/aromatic N) is 2. The predicted molar refractivity (Wildman–Crippen MR) is 67.4 cm³/mol. The first-order valence-electron chi connectivity index (χ1n) is 6.36. The minimum Gasteiger partial charge on any atom is -0.389 e. The fourth-order valence-electron chi connectivity index (χ4n) is 1.96. The number of aliphatic hydroxyl groups excluding tert-OH is 1. The van der Waals surface area contributed by atoms with Crippen LogP contribution in [0.15, 0.2) is 0 Å². The molecule has 1 saturated heterocycles. The van der Waals surface area contributed by atoms with Gasteiger partial charge in [-0.15, -0.1) is 0 Å². The molecule has 1 heterocycles. The molecule has 1 amide bonds. The maximum Gasteiger partial charge on any atom is 0.219 e. The van der Waals surface area contributed by atoms with Crippen molar-refractivity contribution in [3.63, 3.8) is 0 Å². The molecule has 1 aliphatic heterocycles. The average Bonchev–Trinajstić information content (AvgIpc) is 2.35. The van der Waals surface area contributed by atoms with Gasteiger partial charge >= 0.3 is 0 Å². The summed E-state index contributed by atoms with van der Waals surface area (Å²) >= 11 is 0. The van der Waals surface area contributed by atoms with E-state index in [0.717, 1.165) is 26.2 Å². The quantitative estimate of drug-likeness (QED) is 0.606. The Kier molecular flexibility index (Phi) is 7.19. The van der Waals surface area contributed by atoms with Gasteiger partial charge in [0.15, 0.2) is 0 Å². The van der Waals surface area contributed by atoms with Crippen molar-refractivity contribution in [2.75, 3.05) is 59.7 Å². The number of ether oxygens (including phenoxy) is 2. The molecule has 0 radical (unpaired) electrons. The molecule has 0 aromatic carbocycles. The van der Waals surface area contributed by atoms with Crippen molar-refractivity contribution in [1.29, 1.82) is 0 Å². The number of methoxy groups -OCH3 is 1. The number of carbonyl (C=O) groups is 1. The third-order valence-electron chi connectivity index (χ3n) is 3.03. The van der Waals surface area contributed by atoms with E-state index in [1.165, 1.54) is 0 Å². The van der Waals surface area contributed by atoms with Crippen LogP contribution in [0.4, 0.5) is 0 Å². The number of piperazine rings is 1. The molecule has 1 aliphatic rings. The van der Waals surface area contributed by atoms with E-state index in [4.69, 9.17) is 9.47 Å². The summed E-state index contributed by atoms with van der Waals surface area (Å²) in [6.45, 7) is 6.68. The lowest BCUT2D eigenvalue weighted by atomic mass is 10.2. The van der Waals surface area contributed by atoms with Gasteiger partial charge in [-0.3, -0.25) is 9.69 Å². The van der Waals surface area contributed by atoms with E-state index in [0.29, 0.717) is 26.4 Å². The topological polar surface area (TPSA) is 62.2 Å². The monoisotopic (exact) mass is 260 g/mol. The van der Waals surface area contributed by atoms with E-state index in [9.17, 15) is 9.90 Å². The van der Waals surface area contributed by atoms with Gasteiger partial charge in [-0.05, 0) is 0 Å². The third kappa shape index (κ3) is 5.77. The second-order valence-corrected chi connectivity index (χ2v) is 4.53. The predicted octanol–water partition coefficient (Wildman–Crippen LogP) is -0.826. The zero-order valence-corrected chi connectivity index (χ0v) is 11.3. The van der Waals surface area contributed by atoms with Crippen LogP contribution in [0.3, 0.4) is 0 Å². The SMILES string of the molecule is COCCOCC(O)CN1CCN(C(C)=O)CC1. The van der Waals surface area contributed by atoms with Gasteiger partial charge in [0.2, 0.25) is 5.91 Å². The van der Waals surface area contributed by atoms with Crippen molar-refractivity contribution >= 4 is 5.91 Å². The molecule has 6 heteroatoms. The summed E-state index contributed by atoms with van der Waals surface area (Å²) in [7, 11) is 1.62. The van der Waals surface area contributed by atoms with Gasteiger partial charge in [0, 0.05) is 46.8 Å². The van der Waals surface area contributed by atoms with Crippen LogP contribution in [-0.2, 0) is 14.3 Å². The van der Waals surface area contributed by atoms with Crippen molar-refractivity contribution in [1.82, 2.24) is 9.80 Å². The lowest BCUT2D eigenvalue weighted by Gasteiger charge is -2.35. The Morgan fingerprint density at radius 3 is 2.50 bits per heavy atom. The van der Waals surface area contributed by atoms with Gasteiger partial charge in [0.05, 0.1) is 25.9 Å². The average molecular weight is 260 g/mol. The summed E-state index contributed by atoms with van der Waals surface area (Å²) in [5.74, 6) is 0.123. The molecule has 1 rings (SSSR count). The summed E-state index contributed by atoms with van der Waals surface area (Å²) in [6, 6.07) is 0. The largest absolute Gasteiger partial charge is 0.389 e. The molecule has 0 saturated carbocycles. The highest BCUT2D eigenvalue weighted by Gasteiger charge is 2.20. The number of hydrogen-bond acceptors (Lipinski definition) is 5. The van der Waals surface area contributed by atoms with Crippen molar-refractivity contribution in [3.8, 4) is 0 Å². The fourth-order valence-corrected chi connectivity index (χ4v) is 1.96. The first-order chi connectivity index (χ1) is 8.63. The van der Waals surface area contributed by atoms with E-state index < -0.39 is 6.10 Å². The molecular weight excluding hydrogens is 236 g/mol. The van der Waals surface area contributed by atoms with Crippen LogP contribution in [0.1, 0.15) is 6.92 Å². The van der Waals surface area contributed by atoms with Crippen LogP contribution in [-0.4, -0.2) is 86.6 Å². The Morgan fingerprint density at radius 1 is 1.28 bits per heavy atom. The molecule has 0 aliphatic carbocycles. The van der Waals surface area contributed by atoms with E-state index in [1.54, 1.807) is 14.0 Å². The second kappa shape index (κ2) is 8.42. The molecule has 1 fully saturated rings. The highest BCUT2D eigenvalue weighted by atomic mass is 16.5. The summed E-state index contributed by atoms with van der Waals surface area (Å²) in [4.78, 5) is 15.1. The van der Waals surface area contributed by atoms with Crippen LogP contribution in [0.2, 0.25) is 0 Å². The summed E-state index contributed by atoms with van der Waals surface area (Å²) in [5, 5.41) is 9.79. The van der Waals surface area contributed by atoms with Crippen LogP contribution < -0.4 is 0 Å². The molecule has 0 aromatic rings. The minimum atomic E-state index is -0.481. The smallest absolute Gasteiger partial charge is 0.219 e. The molecule has 0 bridgehead atoms. The summed E-state index contributed by atoms with van der Waals surface area (Å²) in [6.07, 6.45) is -0.481. The fraction of sp³-hybridized carbons (Fsp3) is 0.917. The molecular formula is C12H24N2O4. The molecule has 0 aromatic heterocycles. The third-order valence-corrected chi connectivity index (χ3v) is 3.03. The van der Waals surface area contributed by atoms with E-state index in [-0.39, 0.29) is 5.91 Å². The normalized spacial score (nSPS) is 18.9. The first kappa shape index (κ1) is 15.4. The van der Waals surface area contributed by atoms with Crippen LogP contribution in [0, 0.1) is 0 Å². The molecule has 1 N–H and O–H groups in total. The lowest BCUT2D eigenvalue weighted by Crippen LogP contribution is -2.50. The van der Waals surface area contributed by atoms with Crippen molar-refractivity contribution < 1.29 is 19.4 Å². The number of aliphatic hydroxyl groups is 1. The highest BCUT2D eigenvalue weighted by molar-refractivity contribution is 5.73. The van der Waals surface area contributed by atoms with Gasteiger partial charge in [-0.1, -0.05) is 0 Å². The molecule has 6 nitrogen and oxygen atoms in total. The molecule has 1 unspecified atom stereocenters. The molecule has 18 heavy (non-hydrogen) atoms. The van der Waals surface area contributed by atoms with Crippen molar-refractivity contribution in [2.24, 2.45) is 0 Å². The van der Waals surface area contributed by atoms with E-state index in [2.05, 4.69) is 4.90 Å². The maximum atomic E-state index is 11.2. The number of hydrogen-bond donors (Lipinski definition) is 1. The highest BCUT2D eigenvalue weighted by Crippen LogP contribution is 2.03. The Bertz CT molecular complexity index is 242. The van der Waals surface area contributed by atoms with Gasteiger partial charge in [-0.2, -0.15) is 0 Å². The van der Waals surface area contributed by atoms with Crippen LogP contribution >= 0.6 is 0 Å². The molecule has 0 spiro atoms. The lowest BCUT2D eigenvalue weighted by molar-refractivity contribution is -0.130. The zero-order valence-electron chi connectivity index (χ0n) is 11.3. The number of β-amino-alcohol motifs (C(OH)–C–C–N with tert-alkyl or cyclic N) is 1. The Morgan fingerprint density at radius 2 is 1.94 bits per heavy atom. The minimum absolute atomic E-state index is 0.123. The van der Waals surface area contributed by atoms with Crippen molar-refractivity contribution in [2.45, 2.75) is 13.0 Å². The number of amides is 1. The Labute approximate surface area is 108 Å². The second-order valence-electron chi connectivity index (χ2n) is 4.53. The summed E-state index contributed by atoms with van der Waals surface area (Å²) in [5.41, 5.74) is 0. The Hall–Kier alpha value is -0.690. The maximum absolute atomic E-state index is 11.2. The van der Waals surface area contributed by atoms with Gasteiger partial charge in [0.1, 0.15) is 0 Å². The first-order valence-corrected chi connectivity index (χ1v) is 6.36.